The minimum Gasteiger partial charge on any atom is -0.381 e. The van der Waals surface area contributed by atoms with Crippen molar-refractivity contribution in [3.05, 3.63) is 11.1 Å². The average Bonchev–Trinajstić information content (AvgIpc) is 2.34. The smallest absolute Gasteiger partial charge is 0.381 e. The summed E-state index contributed by atoms with van der Waals surface area (Å²) in [5.74, 6) is 0. The van der Waals surface area contributed by atoms with E-state index in [2.05, 4.69) is 9.72 Å². The molecule has 1 heterocycles. The highest BCUT2D eigenvalue weighted by molar-refractivity contribution is 7.11. The fraction of sp³-hybridized carbons (Fsp3) is 0.200. The lowest BCUT2D eigenvalue weighted by molar-refractivity contribution is 0.210. The molecule has 1 aromatic rings. The summed E-state index contributed by atoms with van der Waals surface area (Å²) in [5, 5.41) is 1.94. The quantitative estimate of drug-likeness (QED) is 0.661. The van der Waals surface area contributed by atoms with Crippen molar-refractivity contribution in [3.63, 3.8) is 0 Å². The van der Waals surface area contributed by atoms with Crippen LogP contribution in [0, 0.1) is 0 Å². The van der Waals surface area contributed by atoms with E-state index in [1.54, 1.807) is 5.38 Å². The van der Waals surface area contributed by atoms with Crippen molar-refractivity contribution >= 4 is 17.4 Å². The summed E-state index contributed by atoms with van der Waals surface area (Å²) in [5.41, 5.74) is 10.7. The number of carbonyl (C=O) groups is 1. The molecule has 0 aliphatic carbocycles. The van der Waals surface area contributed by atoms with Gasteiger partial charge in [0.2, 0.25) is 0 Å². The summed E-state index contributed by atoms with van der Waals surface area (Å²) in [7, 11) is 0. The zero-order valence-electron chi connectivity index (χ0n) is 5.61. The molecule has 0 fully saturated rings. The summed E-state index contributed by atoms with van der Waals surface area (Å²) in [4.78, 5) is 14.0. The van der Waals surface area contributed by atoms with Gasteiger partial charge in [-0.1, -0.05) is 11.3 Å². The van der Waals surface area contributed by atoms with Crippen LogP contribution in [0.5, 0.6) is 5.19 Å². The standard InChI is InChI=1S/C5H7N3O2S/c6-1-3-2-11-5(8-3)10-4(7)9/h2H,1,6H2,(H2,7,9). The highest BCUT2D eigenvalue weighted by Crippen LogP contribution is 2.17. The minimum absolute atomic E-state index is 0.234. The molecular formula is C5H7N3O2S. The Morgan fingerprint density at radius 3 is 3.00 bits per heavy atom. The third-order valence-corrected chi connectivity index (χ3v) is 1.69. The van der Waals surface area contributed by atoms with Crippen molar-refractivity contribution in [3.8, 4) is 5.19 Å². The number of aromatic nitrogens is 1. The number of ether oxygens (including phenoxy) is 1. The van der Waals surface area contributed by atoms with E-state index in [1.165, 1.54) is 11.3 Å². The molecule has 0 spiro atoms. The van der Waals surface area contributed by atoms with E-state index in [-0.39, 0.29) is 5.19 Å². The van der Waals surface area contributed by atoms with E-state index in [4.69, 9.17) is 11.5 Å². The molecule has 11 heavy (non-hydrogen) atoms. The monoisotopic (exact) mass is 173 g/mol. The van der Waals surface area contributed by atoms with Crippen molar-refractivity contribution in [2.24, 2.45) is 11.5 Å². The van der Waals surface area contributed by atoms with Crippen LogP contribution < -0.4 is 16.2 Å². The first kappa shape index (κ1) is 7.96. The Morgan fingerprint density at radius 2 is 2.55 bits per heavy atom. The van der Waals surface area contributed by atoms with Gasteiger partial charge in [-0.3, -0.25) is 0 Å². The SMILES string of the molecule is NCc1csc(OC(N)=O)n1. The molecule has 0 aromatic carbocycles. The van der Waals surface area contributed by atoms with Crippen molar-refractivity contribution in [2.75, 3.05) is 0 Å². The van der Waals surface area contributed by atoms with Crippen LogP contribution in [0.25, 0.3) is 0 Å². The molecule has 0 radical (unpaired) electrons. The van der Waals surface area contributed by atoms with Crippen LogP contribution >= 0.6 is 11.3 Å². The van der Waals surface area contributed by atoms with Gasteiger partial charge >= 0.3 is 6.09 Å². The number of amides is 1. The molecular weight excluding hydrogens is 166 g/mol. The summed E-state index contributed by atoms with van der Waals surface area (Å²) >= 11 is 1.19. The number of hydrogen-bond acceptors (Lipinski definition) is 5. The maximum absolute atomic E-state index is 10.2. The second-order valence-corrected chi connectivity index (χ2v) is 2.55. The molecule has 1 amide bonds. The van der Waals surface area contributed by atoms with Gasteiger partial charge in [-0.2, -0.15) is 0 Å². The molecule has 6 heteroatoms. The predicted octanol–water partition coefficient (Wildman–Crippen LogP) is 0.0593. The number of hydrogen-bond donors (Lipinski definition) is 2. The number of nitrogens with two attached hydrogens (primary N) is 2. The average molecular weight is 173 g/mol. The van der Waals surface area contributed by atoms with Gasteiger partial charge in [-0.05, 0) is 0 Å². The normalized spacial score (nSPS) is 9.55. The van der Waals surface area contributed by atoms with Crippen molar-refractivity contribution in [1.82, 2.24) is 4.98 Å². The molecule has 0 saturated carbocycles. The molecule has 0 atom stereocenters. The van der Waals surface area contributed by atoms with E-state index in [0.29, 0.717) is 12.2 Å². The lowest BCUT2D eigenvalue weighted by Gasteiger charge is -1.91. The number of nitrogens with zero attached hydrogens (tertiary/aromatic N) is 1. The molecule has 0 aliphatic rings. The van der Waals surface area contributed by atoms with Crippen LogP contribution in [-0.2, 0) is 6.54 Å². The third kappa shape index (κ3) is 2.17. The number of rotatable bonds is 2. The zero-order valence-corrected chi connectivity index (χ0v) is 6.43. The summed E-state index contributed by atoms with van der Waals surface area (Å²) in [6.45, 7) is 0.332. The first-order chi connectivity index (χ1) is 5.22. The maximum Gasteiger partial charge on any atom is 0.411 e. The Labute approximate surface area is 67.0 Å². The Morgan fingerprint density at radius 1 is 1.82 bits per heavy atom. The predicted molar refractivity (Wildman–Crippen MR) is 40.2 cm³/mol. The number of thiazole rings is 1. The van der Waals surface area contributed by atoms with Crippen molar-refractivity contribution in [2.45, 2.75) is 6.54 Å². The first-order valence-electron chi connectivity index (χ1n) is 2.84. The van der Waals surface area contributed by atoms with Gasteiger partial charge < -0.3 is 16.2 Å². The molecule has 4 N–H and O–H groups in total. The van der Waals surface area contributed by atoms with Gasteiger partial charge in [0, 0.05) is 11.9 Å². The lowest BCUT2D eigenvalue weighted by Crippen LogP contribution is -2.16. The fourth-order valence-electron chi connectivity index (χ4n) is 0.515. The van der Waals surface area contributed by atoms with Crippen LogP contribution in [0.4, 0.5) is 4.79 Å². The van der Waals surface area contributed by atoms with Gasteiger partial charge in [-0.15, -0.1) is 0 Å². The van der Waals surface area contributed by atoms with Crippen LogP contribution in [0.2, 0.25) is 0 Å². The topological polar surface area (TPSA) is 91.2 Å². The van der Waals surface area contributed by atoms with Gasteiger partial charge in [0.05, 0.1) is 5.69 Å². The van der Waals surface area contributed by atoms with Crippen molar-refractivity contribution in [1.29, 1.82) is 0 Å². The largest absolute Gasteiger partial charge is 0.411 e. The Balaban J connectivity index is 2.65. The van der Waals surface area contributed by atoms with E-state index < -0.39 is 6.09 Å². The Hall–Kier alpha value is -1.14. The number of primary amides is 1. The van der Waals surface area contributed by atoms with Crippen LogP contribution in [0.15, 0.2) is 5.38 Å². The molecule has 1 rings (SSSR count). The van der Waals surface area contributed by atoms with Crippen LogP contribution in [-0.4, -0.2) is 11.1 Å². The number of carbonyl (C=O) groups excluding carboxylic acids is 1. The molecule has 5 nitrogen and oxygen atoms in total. The van der Waals surface area contributed by atoms with Crippen molar-refractivity contribution < 1.29 is 9.53 Å². The molecule has 60 valence electrons. The summed E-state index contributed by atoms with van der Waals surface area (Å²) in [6, 6.07) is 0. The zero-order chi connectivity index (χ0) is 8.27. The van der Waals surface area contributed by atoms with Gasteiger partial charge in [-0.25, -0.2) is 9.78 Å². The Bertz CT molecular complexity index is 260. The second-order valence-electron chi connectivity index (χ2n) is 1.73. The third-order valence-electron chi connectivity index (χ3n) is 0.928. The van der Waals surface area contributed by atoms with E-state index in [9.17, 15) is 4.79 Å². The minimum atomic E-state index is -0.858. The van der Waals surface area contributed by atoms with Gasteiger partial charge in [0.1, 0.15) is 0 Å². The first-order valence-corrected chi connectivity index (χ1v) is 3.72. The summed E-state index contributed by atoms with van der Waals surface area (Å²) < 4.78 is 4.49. The molecule has 0 aliphatic heterocycles. The molecule has 0 bridgehead atoms. The van der Waals surface area contributed by atoms with Crippen LogP contribution in [0.1, 0.15) is 5.69 Å². The second kappa shape index (κ2) is 3.31. The lowest BCUT2D eigenvalue weighted by atomic mass is 10.5. The van der Waals surface area contributed by atoms with Crippen LogP contribution in [0.3, 0.4) is 0 Å². The highest BCUT2D eigenvalue weighted by Gasteiger charge is 2.03. The van der Waals surface area contributed by atoms with E-state index in [1.807, 2.05) is 0 Å². The molecule has 0 saturated heterocycles. The van der Waals surface area contributed by atoms with E-state index >= 15 is 0 Å². The Kier molecular flexibility index (Phi) is 2.40. The summed E-state index contributed by atoms with van der Waals surface area (Å²) in [6.07, 6.45) is -0.858. The van der Waals surface area contributed by atoms with E-state index in [0.717, 1.165) is 0 Å². The maximum atomic E-state index is 10.2. The molecule has 1 aromatic heterocycles. The van der Waals surface area contributed by atoms with Gasteiger partial charge in [0.25, 0.3) is 5.19 Å². The van der Waals surface area contributed by atoms with Gasteiger partial charge in [0.15, 0.2) is 0 Å². The highest BCUT2D eigenvalue weighted by atomic mass is 32.1. The fourth-order valence-corrected chi connectivity index (χ4v) is 1.20. The molecule has 0 unspecified atom stereocenters.